The second-order valence-corrected chi connectivity index (χ2v) is 6.19. The van der Waals surface area contributed by atoms with Gasteiger partial charge in [-0.05, 0) is 42.0 Å². The van der Waals surface area contributed by atoms with Gasteiger partial charge in [0.05, 0.1) is 0 Å². The number of carbonyl (C=O) groups excluding carboxylic acids is 1. The number of amides is 1. The highest BCUT2D eigenvalue weighted by molar-refractivity contribution is 6.34. The third kappa shape index (κ3) is 4.11. The van der Waals surface area contributed by atoms with Crippen molar-refractivity contribution in [2.75, 3.05) is 12.4 Å². The minimum absolute atomic E-state index is 0.255. The van der Waals surface area contributed by atoms with E-state index < -0.39 is 12.0 Å². The van der Waals surface area contributed by atoms with Crippen LogP contribution in [0.4, 0.5) is 5.69 Å². The summed E-state index contributed by atoms with van der Waals surface area (Å²) in [6.45, 7) is 0.255. The van der Waals surface area contributed by atoms with E-state index in [2.05, 4.69) is 10.3 Å². The van der Waals surface area contributed by atoms with Crippen molar-refractivity contribution in [1.82, 2.24) is 4.98 Å². The van der Waals surface area contributed by atoms with E-state index in [-0.39, 0.29) is 6.61 Å². The number of ether oxygens (including phenoxy) is 1. The number of halogens is 2. The predicted molar refractivity (Wildman–Crippen MR) is 94.8 cm³/mol. The van der Waals surface area contributed by atoms with Crippen LogP contribution in [0.3, 0.4) is 0 Å². The minimum atomic E-state index is -1.41. The molecule has 8 heteroatoms. The number of methoxy groups -OCH3 is 1. The van der Waals surface area contributed by atoms with Crippen molar-refractivity contribution in [1.29, 1.82) is 0 Å². The Morgan fingerprint density at radius 3 is 2.68 bits per heavy atom. The number of carbonyl (C=O) groups is 1. The Hall–Kier alpha value is -2.12. The van der Waals surface area contributed by atoms with E-state index in [1.165, 1.54) is 18.2 Å². The number of aromatic nitrogens is 1. The zero-order valence-electron chi connectivity index (χ0n) is 13.1. The maximum absolute atomic E-state index is 12.3. The Bertz CT molecular complexity index is 906. The van der Waals surface area contributed by atoms with Crippen LogP contribution in [-0.4, -0.2) is 23.1 Å². The smallest absolute Gasteiger partial charge is 0.257 e. The van der Waals surface area contributed by atoms with Gasteiger partial charge in [0.1, 0.15) is 12.1 Å². The van der Waals surface area contributed by atoms with Gasteiger partial charge in [-0.1, -0.05) is 23.2 Å². The highest BCUT2D eigenvalue weighted by Gasteiger charge is 2.19. The lowest BCUT2D eigenvalue weighted by Crippen LogP contribution is -2.20. The molecule has 0 aliphatic rings. The van der Waals surface area contributed by atoms with E-state index in [1.54, 1.807) is 25.3 Å². The summed E-state index contributed by atoms with van der Waals surface area (Å²) < 4.78 is 10.5. The highest BCUT2D eigenvalue weighted by atomic mass is 35.5. The van der Waals surface area contributed by atoms with E-state index in [0.717, 1.165) is 0 Å². The maximum Gasteiger partial charge on any atom is 0.257 e. The first-order valence-electron chi connectivity index (χ1n) is 7.29. The summed E-state index contributed by atoms with van der Waals surface area (Å²) in [4.78, 5) is 16.5. The van der Waals surface area contributed by atoms with Gasteiger partial charge in [-0.25, -0.2) is 4.98 Å². The Balaban J connectivity index is 1.78. The summed E-state index contributed by atoms with van der Waals surface area (Å²) in [5.74, 6) is -0.173. The van der Waals surface area contributed by atoms with E-state index in [9.17, 15) is 9.90 Å². The number of nitrogens with one attached hydrogen (secondary N) is 1. The molecule has 0 aliphatic heterocycles. The Kier molecular flexibility index (Phi) is 5.24. The van der Waals surface area contributed by atoms with Crippen LogP contribution in [-0.2, 0) is 16.1 Å². The molecule has 0 unspecified atom stereocenters. The molecule has 2 N–H and O–H groups in total. The van der Waals surface area contributed by atoms with Gasteiger partial charge in [0.25, 0.3) is 5.91 Å². The molecule has 1 aromatic heterocycles. The summed E-state index contributed by atoms with van der Waals surface area (Å²) in [7, 11) is 1.55. The molecule has 0 saturated carbocycles. The molecule has 6 nitrogen and oxygen atoms in total. The highest BCUT2D eigenvalue weighted by Crippen LogP contribution is 2.25. The summed E-state index contributed by atoms with van der Waals surface area (Å²) in [6.07, 6.45) is -1.41. The van der Waals surface area contributed by atoms with E-state index in [1.807, 2.05) is 0 Å². The summed E-state index contributed by atoms with van der Waals surface area (Å²) in [5.41, 5.74) is 1.93. The first-order chi connectivity index (χ1) is 12.0. The molecular weight excluding hydrogens is 367 g/mol. The SMILES string of the molecule is COCc1nc2cc(NC(=O)[C@@H](O)c3cc(Cl)cc(Cl)c3)ccc2o1. The standard InChI is InChI=1S/C17H14Cl2N2O4/c1-24-8-15-21-13-7-12(2-3-14(13)25-15)20-17(23)16(22)9-4-10(18)6-11(19)5-9/h2-7,16,22H,8H2,1H3,(H,20,23)/t16-/m0/s1. The molecule has 1 heterocycles. The largest absolute Gasteiger partial charge is 0.438 e. The van der Waals surface area contributed by atoms with Crippen molar-refractivity contribution in [2.24, 2.45) is 0 Å². The fourth-order valence-electron chi connectivity index (χ4n) is 2.33. The van der Waals surface area contributed by atoms with Crippen molar-refractivity contribution < 1.29 is 19.1 Å². The fraction of sp³-hybridized carbons (Fsp3) is 0.176. The Morgan fingerprint density at radius 1 is 1.28 bits per heavy atom. The van der Waals surface area contributed by atoms with E-state index >= 15 is 0 Å². The summed E-state index contributed by atoms with van der Waals surface area (Å²) in [6, 6.07) is 9.46. The molecule has 0 saturated heterocycles. The number of aliphatic hydroxyl groups excluding tert-OH is 1. The molecule has 0 spiro atoms. The van der Waals surface area contributed by atoms with Crippen LogP contribution in [0.25, 0.3) is 11.1 Å². The number of benzene rings is 2. The van der Waals surface area contributed by atoms with Gasteiger partial charge in [0, 0.05) is 22.8 Å². The molecule has 1 atom stereocenters. The van der Waals surface area contributed by atoms with Gasteiger partial charge in [0.2, 0.25) is 5.89 Å². The van der Waals surface area contributed by atoms with Crippen molar-refractivity contribution in [3.05, 3.63) is 57.9 Å². The summed E-state index contributed by atoms with van der Waals surface area (Å²) in [5, 5.41) is 13.5. The van der Waals surface area contributed by atoms with Gasteiger partial charge in [0.15, 0.2) is 11.7 Å². The number of nitrogens with zero attached hydrogens (tertiary/aromatic N) is 1. The van der Waals surface area contributed by atoms with Crippen molar-refractivity contribution in [3.63, 3.8) is 0 Å². The molecular formula is C17H14Cl2N2O4. The van der Waals surface area contributed by atoms with Crippen LogP contribution < -0.4 is 5.32 Å². The topological polar surface area (TPSA) is 84.6 Å². The number of hydrogen-bond donors (Lipinski definition) is 2. The number of anilines is 1. The molecule has 0 aliphatic carbocycles. The number of fused-ring (bicyclic) bond motifs is 1. The van der Waals surface area contributed by atoms with Gasteiger partial charge in [-0.3, -0.25) is 4.79 Å². The molecule has 0 fully saturated rings. The number of aliphatic hydroxyl groups is 1. The average molecular weight is 381 g/mol. The molecule has 0 radical (unpaired) electrons. The lowest BCUT2D eigenvalue weighted by atomic mass is 10.1. The Morgan fingerprint density at radius 2 is 2.00 bits per heavy atom. The van der Waals surface area contributed by atoms with Crippen LogP contribution in [0.2, 0.25) is 10.0 Å². The molecule has 25 heavy (non-hydrogen) atoms. The maximum atomic E-state index is 12.3. The van der Waals surface area contributed by atoms with E-state index in [4.69, 9.17) is 32.4 Å². The van der Waals surface area contributed by atoms with Gasteiger partial charge >= 0.3 is 0 Å². The van der Waals surface area contributed by atoms with Gasteiger partial charge < -0.3 is 19.6 Å². The lowest BCUT2D eigenvalue weighted by Gasteiger charge is -2.12. The number of oxazole rings is 1. The zero-order chi connectivity index (χ0) is 18.0. The predicted octanol–water partition coefficient (Wildman–Crippen LogP) is 3.95. The van der Waals surface area contributed by atoms with Crippen molar-refractivity contribution >= 4 is 45.9 Å². The van der Waals surface area contributed by atoms with Crippen molar-refractivity contribution in [2.45, 2.75) is 12.7 Å². The fourth-order valence-corrected chi connectivity index (χ4v) is 2.88. The van der Waals surface area contributed by atoms with E-state index in [0.29, 0.717) is 38.3 Å². The molecule has 3 aromatic rings. The second-order valence-electron chi connectivity index (χ2n) is 5.32. The van der Waals surface area contributed by atoms with Gasteiger partial charge in [-0.2, -0.15) is 0 Å². The van der Waals surface area contributed by atoms with Crippen LogP contribution in [0.5, 0.6) is 0 Å². The minimum Gasteiger partial charge on any atom is -0.438 e. The van der Waals surface area contributed by atoms with Crippen LogP contribution in [0.1, 0.15) is 17.6 Å². The number of hydrogen-bond acceptors (Lipinski definition) is 5. The monoisotopic (exact) mass is 380 g/mol. The van der Waals surface area contributed by atoms with Gasteiger partial charge in [-0.15, -0.1) is 0 Å². The molecule has 0 bridgehead atoms. The first kappa shape index (κ1) is 17.7. The normalized spacial score (nSPS) is 12.3. The number of rotatable bonds is 5. The quantitative estimate of drug-likeness (QED) is 0.699. The molecule has 3 rings (SSSR count). The third-order valence-electron chi connectivity index (χ3n) is 3.42. The van der Waals surface area contributed by atoms with Crippen LogP contribution in [0.15, 0.2) is 40.8 Å². The molecule has 2 aromatic carbocycles. The third-order valence-corrected chi connectivity index (χ3v) is 3.85. The van der Waals surface area contributed by atoms with Crippen LogP contribution in [0, 0.1) is 0 Å². The van der Waals surface area contributed by atoms with Crippen LogP contribution >= 0.6 is 23.2 Å². The Labute approximate surface area is 153 Å². The average Bonchev–Trinajstić information content (AvgIpc) is 2.95. The molecule has 1 amide bonds. The first-order valence-corrected chi connectivity index (χ1v) is 8.05. The van der Waals surface area contributed by atoms with Crippen molar-refractivity contribution in [3.8, 4) is 0 Å². The second kappa shape index (κ2) is 7.41. The zero-order valence-corrected chi connectivity index (χ0v) is 14.6. The lowest BCUT2D eigenvalue weighted by molar-refractivity contribution is -0.124. The summed E-state index contributed by atoms with van der Waals surface area (Å²) >= 11 is 11.8. The molecule has 130 valence electrons.